The third-order valence-corrected chi connectivity index (χ3v) is 1.74. The van der Waals surface area contributed by atoms with Gasteiger partial charge in [-0.25, -0.2) is 9.37 Å². The van der Waals surface area contributed by atoms with E-state index in [1.165, 1.54) is 0 Å². The van der Waals surface area contributed by atoms with Crippen LogP contribution in [0.2, 0.25) is 0 Å². The molecule has 0 bridgehead atoms. The maximum Gasteiger partial charge on any atom is 0.436 e. The Morgan fingerprint density at radius 3 is 2.56 bits per heavy atom. The summed E-state index contributed by atoms with van der Waals surface area (Å²) < 4.78 is 53.6. The summed E-state index contributed by atoms with van der Waals surface area (Å²) in [6.07, 6.45) is -4.37. The number of alkyl halides is 3. The fourth-order valence-electron chi connectivity index (χ4n) is 1.02. The first-order chi connectivity index (χ1) is 7.34. The second kappa shape index (κ2) is 4.46. The van der Waals surface area contributed by atoms with Gasteiger partial charge in [-0.2, -0.15) is 13.2 Å². The molecule has 0 saturated heterocycles. The van der Waals surface area contributed by atoms with E-state index in [1.54, 1.807) is 0 Å². The van der Waals surface area contributed by atoms with Gasteiger partial charge in [0, 0.05) is 6.20 Å². The molecular weight excluding hydrogens is 230 g/mol. The van der Waals surface area contributed by atoms with Gasteiger partial charge in [-0.3, -0.25) is 4.79 Å². The number of nitrogens with zero attached hydrogens (tertiary/aromatic N) is 1. The van der Waals surface area contributed by atoms with E-state index in [0.29, 0.717) is 6.07 Å². The topological polar surface area (TPSA) is 39.2 Å². The molecule has 16 heavy (non-hydrogen) atoms. The van der Waals surface area contributed by atoms with Crippen LogP contribution in [0.4, 0.5) is 17.6 Å². The second-order valence-electron chi connectivity index (χ2n) is 2.92. The summed E-state index contributed by atoms with van der Waals surface area (Å²) in [7, 11) is 1.12. The monoisotopic (exact) mass is 237 g/mol. The first-order valence-corrected chi connectivity index (χ1v) is 4.13. The number of rotatable bonds is 2. The lowest BCUT2D eigenvalue weighted by Gasteiger charge is -2.07. The summed E-state index contributed by atoms with van der Waals surface area (Å²) in [5.41, 5.74) is -1.57. The lowest BCUT2D eigenvalue weighted by Crippen LogP contribution is -2.12. The van der Waals surface area contributed by atoms with Gasteiger partial charge in [0.2, 0.25) is 0 Å². The highest BCUT2D eigenvalue weighted by molar-refractivity contribution is 5.72. The van der Waals surface area contributed by atoms with Gasteiger partial charge in [0.1, 0.15) is 0 Å². The minimum absolute atomic E-state index is 0.0253. The molecule has 0 aliphatic carbocycles. The minimum Gasteiger partial charge on any atom is -0.469 e. The predicted molar refractivity (Wildman–Crippen MR) is 44.9 cm³/mol. The number of pyridine rings is 1. The maximum absolute atomic E-state index is 13.0. The predicted octanol–water partition coefficient (Wildman–Crippen LogP) is 1.96. The van der Waals surface area contributed by atoms with Crippen LogP contribution in [0.25, 0.3) is 0 Å². The highest BCUT2D eigenvalue weighted by Gasteiger charge is 2.36. The number of hydrogen-bond donors (Lipinski definition) is 0. The van der Waals surface area contributed by atoms with Crippen LogP contribution in [-0.2, 0) is 22.1 Å². The number of esters is 1. The van der Waals surface area contributed by atoms with E-state index in [2.05, 4.69) is 9.72 Å². The molecule has 1 heterocycles. The highest BCUT2D eigenvalue weighted by Crippen LogP contribution is 2.29. The molecule has 88 valence electrons. The molecule has 0 amide bonds. The van der Waals surface area contributed by atoms with Gasteiger partial charge in [0.15, 0.2) is 11.5 Å². The van der Waals surface area contributed by atoms with Crippen LogP contribution in [0.5, 0.6) is 0 Å². The second-order valence-corrected chi connectivity index (χ2v) is 2.92. The average Bonchev–Trinajstić information content (AvgIpc) is 2.15. The van der Waals surface area contributed by atoms with Crippen LogP contribution in [0.3, 0.4) is 0 Å². The summed E-state index contributed by atoms with van der Waals surface area (Å²) in [4.78, 5) is 13.7. The Hall–Kier alpha value is -1.66. The lowest BCUT2D eigenvalue weighted by molar-refractivity contribution is -0.143. The maximum atomic E-state index is 13.0. The molecule has 1 rings (SSSR count). The summed E-state index contributed by atoms with van der Waals surface area (Å²) in [5.74, 6) is -2.19. The van der Waals surface area contributed by atoms with E-state index in [9.17, 15) is 22.4 Å². The smallest absolute Gasteiger partial charge is 0.436 e. The van der Waals surface area contributed by atoms with E-state index in [4.69, 9.17) is 0 Å². The summed E-state index contributed by atoms with van der Waals surface area (Å²) in [6.45, 7) is 0. The van der Waals surface area contributed by atoms with Gasteiger partial charge in [-0.1, -0.05) is 0 Å². The fourth-order valence-corrected chi connectivity index (χ4v) is 1.02. The van der Waals surface area contributed by atoms with Crippen molar-refractivity contribution in [2.24, 2.45) is 0 Å². The molecule has 0 saturated carbocycles. The largest absolute Gasteiger partial charge is 0.469 e. The molecule has 0 fully saturated rings. The first-order valence-electron chi connectivity index (χ1n) is 4.13. The molecule has 1 aromatic heterocycles. The Morgan fingerprint density at radius 1 is 1.50 bits per heavy atom. The van der Waals surface area contributed by atoms with Crippen molar-refractivity contribution in [2.45, 2.75) is 12.6 Å². The van der Waals surface area contributed by atoms with Crippen LogP contribution in [-0.4, -0.2) is 18.1 Å². The zero-order valence-electron chi connectivity index (χ0n) is 8.14. The van der Waals surface area contributed by atoms with Crippen LogP contribution in [0, 0.1) is 5.82 Å². The molecule has 0 N–H and O–H groups in total. The molecule has 0 unspecified atom stereocenters. The molecule has 0 aromatic carbocycles. The molecule has 0 atom stereocenters. The van der Waals surface area contributed by atoms with Gasteiger partial charge in [0.05, 0.1) is 13.5 Å². The van der Waals surface area contributed by atoms with Gasteiger partial charge >= 0.3 is 12.1 Å². The number of methoxy groups -OCH3 is 1. The average molecular weight is 237 g/mol. The molecule has 0 aliphatic heterocycles. The van der Waals surface area contributed by atoms with E-state index >= 15 is 0 Å². The Bertz CT molecular complexity index is 403. The minimum atomic E-state index is -4.84. The van der Waals surface area contributed by atoms with Crippen molar-refractivity contribution in [3.8, 4) is 0 Å². The summed E-state index contributed by atoms with van der Waals surface area (Å²) >= 11 is 0. The summed E-state index contributed by atoms with van der Waals surface area (Å²) in [6, 6.07) is 0.618. The quantitative estimate of drug-likeness (QED) is 0.583. The number of aromatic nitrogens is 1. The van der Waals surface area contributed by atoms with Crippen molar-refractivity contribution in [1.29, 1.82) is 0 Å². The van der Waals surface area contributed by atoms with E-state index < -0.39 is 23.7 Å². The third-order valence-electron chi connectivity index (χ3n) is 1.74. The van der Waals surface area contributed by atoms with Gasteiger partial charge in [-0.15, -0.1) is 0 Å². The lowest BCUT2D eigenvalue weighted by atomic mass is 10.2. The molecule has 7 heteroatoms. The number of ether oxygens (including phenoxy) is 1. The standard InChI is InChI=1S/C9H7F4NO2/c1-16-7(15)3-5-2-6(10)8(14-4-5)9(11,12)13/h2,4H,3H2,1H3. The Morgan fingerprint density at radius 2 is 2.12 bits per heavy atom. The molecule has 0 aliphatic rings. The van der Waals surface area contributed by atoms with Crippen molar-refractivity contribution in [3.63, 3.8) is 0 Å². The van der Waals surface area contributed by atoms with E-state index in [1.807, 2.05) is 0 Å². The van der Waals surface area contributed by atoms with Crippen molar-refractivity contribution in [2.75, 3.05) is 7.11 Å². The van der Waals surface area contributed by atoms with Gasteiger partial charge in [-0.05, 0) is 11.6 Å². The van der Waals surface area contributed by atoms with Crippen LogP contribution in [0.15, 0.2) is 12.3 Å². The van der Waals surface area contributed by atoms with Gasteiger partial charge < -0.3 is 4.74 Å². The molecule has 1 aromatic rings. The number of hydrogen-bond acceptors (Lipinski definition) is 3. The fraction of sp³-hybridized carbons (Fsp3) is 0.333. The van der Waals surface area contributed by atoms with Crippen molar-refractivity contribution in [3.05, 3.63) is 29.3 Å². The molecule has 0 spiro atoms. The van der Waals surface area contributed by atoms with E-state index in [-0.39, 0.29) is 12.0 Å². The summed E-state index contributed by atoms with van der Waals surface area (Å²) in [5, 5.41) is 0. The zero-order chi connectivity index (χ0) is 12.3. The van der Waals surface area contributed by atoms with Crippen LogP contribution in [0.1, 0.15) is 11.3 Å². The Kier molecular flexibility index (Phi) is 3.46. The molecule has 0 radical (unpaired) electrons. The van der Waals surface area contributed by atoms with E-state index in [0.717, 1.165) is 13.3 Å². The Labute approximate surface area is 88.0 Å². The number of carbonyl (C=O) groups excluding carboxylic acids is 1. The van der Waals surface area contributed by atoms with Crippen molar-refractivity contribution >= 4 is 5.97 Å². The normalized spacial score (nSPS) is 11.3. The van der Waals surface area contributed by atoms with Crippen LogP contribution < -0.4 is 0 Å². The zero-order valence-corrected chi connectivity index (χ0v) is 8.14. The third kappa shape index (κ3) is 2.91. The highest BCUT2D eigenvalue weighted by atomic mass is 19.4. The number of halogens is 4. The Balaban J connectivity index is 2.96. The number of carbonyl (C=O) groups is 1. The van der Waals surface area contributed by atoms with Crippen LogP contribution >= 0.6 is 0 Å². The molecule has 3 nitrogen and oxygen atoms in total. The SMILES string of the molecule is COC(=O)Cc1cnc(C(F)(F)F)c(F)c1. The first kappa shape index (κ1) is 12.4. The molecular formula is C9H7F4NO2. The van der Waals surface area contributed by atoms with Gasteiger partial charge in [0.25, 0.3) is 0 Å². The van der Waals surface area contributed by atoms with Crippen molar-refractivity contribution in [1.82, 2.24) is 4.98 Å². The van der Waals surface area contributed by atoms with Crippen molar-refractivity contribution < 1.29 is 27.1 Å².